The summed E-state index contributed by atoms with van der Waals surface area (Å²) < 4.78 is 0. The lowest BCUT2D eigenvalue weighted by Crippen LogP contribution is -2.63. The number of amides is 2. The highest BCUT2D eigenvalue weighted by Crippen LogP contribution is 2.17. The van der Waals surface area contributed by atoms with Crippen LogP contribution in [0.1, 0.15) is 25.1 Å². The number of carboxylic acid groups (broad SMARTS) is 1. The van der Waals surface area contributed by atoms with E-state index in [4.69, 9.17) is 11.6 Å². The lowest BCUT2D eigenvalue weighted by atomic mass is 9.97. The largest absolute Gasteiger partial charge is 0.465 e. The first-order valence-electron chi connectivity index (χ1n) is 10.4. The molecule has 0 saturated carbocycles. The summed E-state index contributed by atoms with van der Waals surface area (Å²) in [4.78, 5) is 49.4. The van der Waals surface area contributed by atoms with Crippen molar-refractivity contribution in [2.45, 2.75) is 32.5 Å². The molecular weight excluding hydrogens is 462 g/mol. The monoisotopic (exact) mass is 485 g/mol. The lowest BCUT2D eigenvalue weighted by Gasteiger charge is -2.33. The summed E-state index contributed by atoms with van der Waals surface area (Å²) in [6.45, 7) is 3.30. The molecule has 0 unspecified atom stereocenters. The zero-order chi connectivity index (χ0) is 24.9. The third kappa shape index (κ3) is 5.59. The fourth-order valence-corrected chi connectivity index (χ4v) is 3.54. The van der Waals surface area contributed by atoms with E-state index in [-0.39, 0.29) is 13.0 Å². The van der Waals surface area contributed by atoms with Crippen molar-refractivity contribution in [2.24, 2.45) is 5.92 Å². The van der Waals surface area contributed by atoms with Gasteiger partial charge in [0.1, 0.15) is 0 Å². The Balaban J connectivity index is 1.92. The van der Waals surface area contributed by atoms with Gasteiger partial charge >= 0.3 is 6.09 Å². The minimum Gasteiger partial charge on any atom is -0.465 e. The third-order valence-electron chi connectivity index (χ3n) is 5.35. The Labute approximate surface area is 199 Å². The summed E-state index contributed by atoms with van der Waals surface area (Å²) in [5, 5.41) is 19.9. The minimum absolute atomic E-state index is 0.00413. The second-order valence-corrected chi connectivity index (χ2v) is 8.41. The van der Waals surface area contributed by atoms with Crippen LogP contribution in [0.2, 0.25) is 5.02 Å². The number of hydrogen-bond acceptors (Lipinski definition) is 6. The summed E-state index contributed by atoms with van der Waals surface area (Å²) in [5.41, 5.74) is 1.41. The van der Waals surface area contributed by atoms with E-state index in [0.717, 1.165) is 4.79 Å². The van der Waals surface area contributed by atoms with E-state index in [1.165, 1.54) is 0 Å². The Bertz CT molecular complexity index is 1270. The van der Waals surface area contributed by atoms with E-state index < -0.39 is 29.1 Å². The Kier molecular flexibility index (Phi) is 7.64. The topological polar surface area (TPSA) is 142 Å². The van der Waals surface area contributed by atoms with Crippen molar-refractivity contribution in [3.63, 3.8) is 0 Å². The Morgan fingerprint density at radius 1 is 1.15 bits per heavy atom. The van der Waals surface area contributed by atoms with Crippen molar-refractivity contribution in [3.05, 3.63) is 75.2 Å². The Hall–Kier alpha value is -3.76. The highest BCUT2D eigenvalue weighted by atomic mass is 35.5. The number of hydrogen-bond donors (Lipinski definition) is 4. The molecule has 0 fully saturated rings. The van der Waals surface area contributed by atoms with Gasteiger partial charge in [0.25, 0.3) is 5.56 Å². The maximum Gasteiger partial charge on any atom is 0.406 e. The number of halogens is 1. The van der Waals surface area contributed by atoms with E-state index in [9.17, 15) is 24.3 Å². The summed E-state index contributed by atoms with van der Waals surface area (Å²) >= 11 is 5.87. The molecule has 1 aromatic heterocycles. The van der Waals surface area contributed by atoms with Crippen LogP contribution >= 0.6 is 11.6 Å². The molecule has 0 aliphatic heterocycles. The molecule has 1 atom stereocenters. The molecule has 11 heteroatoms. The molecule has 2 aromatic carbocycles. The maximum atomic E-state index is 12.9. The number of fused-ring (bicyclic) bond motifs is 1. The van der Waals surface area contributed by atoms with Crippen LogP contribution in [0.15, 0.2) is 53.3 Å². The highest BCUT2D eigenvalue weighted by molar-refractivity contribution is 6.30. The zero-order valence-electron chi connectivity index (χ0n) is 18.5. The molecule has 1 heterocycles. The maximum absolute atomic E-state index is 12.9. The van der Waals surface area contributed by atoms with E-state index >= 15 is 0 Å². The SMILES string of the molecule is CC(C)[C@](C=O)(NCc1nn(NC(=O)Cc2ccc(Cl)cc2)c(=O)c2ccccc12)NC(=O)O. The average molecular weight is 486 g/mol. The number of carbonyl (C=O) groups is 3. The van der Waals surface area contributed by atoms with Crippen molar-refractivity contribution in [2.75, 3.05) is 5.43 Å². The molecule has 34 heavy (non-hydrogen) atoms. The number of nitrogens with zero attached hydrogens (tertiary/aromatic N) is 2. The number of rotatable bonds is 9. The molecule has 3 rings (SSSR count). The van der Waals surface area contributed by atoms with Gasteiger partial charge in [-0.1, -0.05) is 55.8 Å². The van der Waals surface area contributed by atoms with Crippen LogP contribution in [0, 0.1) is 5.92 Å². The number of aromatic nitrogens is 2. The molecule has 0 aliphatic rings. The van der Waals surface area contributed by atoms with Gasteiger partial charge in [-0.15, -0.1) is 4.79 Å². The van der Waals surface area contributed by atoms with E-state index in [0.29, 0.717) is 33.3 Å². The van der Waals surface area contributed by atoms with Gasteiger partial charge in [-0.3, -0.25) is 25.0 Å². The van der Waals surface area contributed by atoms with Gasteiger partial charge in [-0.05, 0) is 29.7 Å². The van der Waals surface area contributed by atoms with Crippen molar-refractivity contribution in [3.8, 4) is 0 Å². The average Bonchev–Trinajstić information content (AvgIpc) is 2.80. The standard InChI is InChI=1S/C23H24ClN5O5/c1-14(2)23(13-30,26-22(33)34)25-12-19-17-5-3-4-6-18(17)21(32)29(27-19)28-20(31)11-15-7-9-16(24)10-8-15/h3-10,13-14,25-26H,11-12H2,1-2H3,(H,28,31)(H,33,34)/t23-/m1/s1. The summed E-state index contributed by atoms with van der Waals surface area (Å²) in [7, 11) is 0. The van der Waals surface area contributed by atoms with Crippen LogP contribution in [-0.2, 0) is 22.6 Å². The first-order valence-corrected chi connectivity index (χ1v) is 10.8. The molecule has 3 aromatic rings. The van der Waals surface area contributed by atoms with Gasteiger partial charge in [0, 0.05) is 17.0 Å². The van der Waals surface area contributed by atoms with Gasteiger partial charge in [0.2, 0.25) is 5.91 Å². The molecule has 0 spiro atoms. The van der Waals surface area contributed by atoms with Crippen LogP contribution in [0.3, 0.4) is 0 Å². The predicted molar refractivity (Wildman–Crippen MR) is 127 cm³/mol. The van der Waals surface area contributed by atoms with Crippen LogP contribution < -0.4 is 21.6 Å². The number of aldehydes is 1. The molecule has 0 aliphatic carbocycles. The fraction of sp³-hybridized carbons (Fsp3) is 0.261. The molecule has 0 radical (unpaired) electrons. The van der Waals surface area contributed by atoms with Gasteiger partial charge < -0.3 is 5.11 Å². The molecule has 178 valence electrons. The lowest BCUT2D eigenvalue weighted by molar-refractivity contribution is -0.117. The normalized spacial score (nSPS) is 12.8. The van der Waals surface area contributed by atoms with Crippen LogP contribution in [0.5, 0.6) is 0 Å². The number of nitrogens with one attached hydrogen (secondary N) is 3. The molecular formula is C23H24ClN5O5. The second-order valence-electron chi connectivity index (χ2n) is 7.97. The molecule has 4 N–H and O–H groups in total. The van der Waals surface area contributed by atoms with Crippen molar-refractivity contribution >= 4 is 40.7 Å². The quantitative estimate of drug-likeness (QED) is 0.269. The summed E-state index contributed by atoms with van der Waals surface area (Å²) in [6, 6.07) is 13.4. The molecule has 2 amide bonds. The molecule has 0 bridgehead atoms. The molecule has 0 saturated heterocycles. The predicted octanol–water partition coefficient (Wildman–Crippen LogP) is 2.27. The second kappa shape index (κ2) is 10.4. The zero-order valence-corrected chi connectivity index (χ0v) is 19.3. The van der Waals surface area contributed by atoms with Crippen LogP contribution in [0.4, 0.5) is 4.79 Å². The van der Waals surface area contributed by atoms with Gasteiger partial charge in [-0.25, -0.2) is 10.2 Å². The van der Waals surface area contributed by atoms with Gasteiger partial charge in [0.05, 0.1) is 17.5 Å². The first-order chi connectivity index (χ1) is 16.1. The van der Waals surface area contributed by atoms with E-state index in [2.05, 4.69) is 21.2 Å². The Morgan fingerprint density at radius 2 is 1.79 bits per heavy atom. The van der Waals surface area contributed by atoms with Crippen molar-refractivity contribution in [1.82, 2.24) is 20.5 Å². The molecule has 10 nitrogen and oxygen atoms in total. The summed E-state index contributed by atoms with van der Waals surface area (Å²) in [5.74, 6) is -0.902. The first kappa shape index (κ1) is 24.9. The minimum atomic E-state index is -1.58. The van der Waals surface area contributed by atoms with Crippen LogP contribution in [0.25, 0.3) is 10.8 Å². The smallest absolute Gasteiger partial charge is 0.406 e. The van der Waals surface area contributed by atoms with E-state index in [1.54, 1.807) is 62.4 Å². The van der Waals surface area contributed by atoms with Gasteiger partial charge in [-0.2, -0.15) is 5.10 Å². The fourth-order valence-electron chi connectivity index (χ4n) is 3.41. The van der Waals surface area contributed by atoms with Crippen molar-refractivity contribution in [1.29, 1.82) is 0 Å². The van der Waals surface area contributed by atoms with Gasteiger partial charge in [0.15, 0.2) is 11.9 Å². The number of benzene rings is 2. The van der Waals surface area contributed by atoms with E-state index in [1.807, 2.05) is 0 Å². The van der Waals surface area contributed by atoms with Crippen LogP contribution in [-0.4, -0.2) is 38.9 Å². The van der Waals surface area contributed by atoms with Crippen molar-refractivity contribution < 1.29 is 19.5 Å². The third-order valence-corrected chi connectivity index (χ3v) is 5.60. The summed E-state index contributed by atoms with van der Waals surface area (Å²) in [6.07, 6.45) is -0.890. The number of carbonyl (C=O) groups excluding carboxylic acids is 2. The Morgan fingerprint density at radius 3 is 2.38 bits per heavy atom. The highest BCUT2D eigenvalue weighted by Gasteiger charge is 2.35.